The van der Waals surface area contributed by atoms with E-state index in [2.05, 4.69) is 24.1 Å². The van der Waals surface area contributed by atoms with Crippen LogP contribution in [-0.2, 0) is 0 Å². The molecule has 1 unspecified atom stereocenters. The minimum absolute atomic E-state index is 0.0424. The number of amides is 1. The standard InChI is InChI=1S/C17H23NO2S/c1-4-15(12-21-3)18-17(20)16-11-14(7-5-6-10-19)9-8-13(16)2/h8-9,11,15,19H,4,6,10,12H2,1-3H3,(H,18,20). The molecule has 0 aromatic heterocycles. The van der Waals surface area contributed by atoms with Crippen LogP contribution in [0.25, 0.3) is 0 Å². The van der Waals surface area contributed by atoms with Gasteiger partial charge in [0.05, 0.1) is 6.61 Å². The fourth-order valence-electron chi connectivity index (χ4n) is 1.89. The van der Waals surface area contributed by atoms with Crippen LogP contribution < -0.4 is 5.32 Å². The smallest absolute Gasteiger partial charge is 0.251 e. The molecule has 0 saturated heterocycles. The molecule has 4 heteroatoms. The molecule has 1 aromatic carbocycles. The minimum Gasteiger partial charge on any atom is -0.395 e. The lowest BCUT2D eigenvalue weighted by atomic mass is 10.0. The highest BCUT2D eigenvalue weighted by Crippen LogP contribution is 2.12. The zero-order valence-corrected chi connectivity index (χ0v) is 13.7. The van der Waals surface area contributed by atoms with Crippen molar-refractivity contribution in [2.75, 3.05) is 18.6 Å². The van der Waals surface area contributed by atoms with Crippen LogP contribution in [0.15, 0.2) is 18.2 Å². The van der Waals surface area contributed by atoms with Crippen molar-refractivity contribution in [3.63, 3.8) is 0 Å². The monoisotopic (exact) mass is 305 g/mol. The maximum Gasteiger partial charge on any atom is 0.251 e. The Morgan fingerprint density at radius 2 is 2.24 bits per heavy atom. The number of hydrogen-bond donors (Lipinski definition) is 2. The van der Waals surface area contributed by atoms with Crippen LogP contribution in [0, 0.1) is 18.8 Å². The molecule has 1 atom stereocenters. The maximum atomic E-state index is 12.4. The molecule has 1 rings (SSSR count). The summed E-state index contributed by atoms with van der Waals surface area (Å²) >= 11 is 1.73. The van der Waals surface area contributed by atoms with Crippen molar-refractivity contribution in [3.8, 4) is 11.8 Å². The van der Waals surface area contributed by atoms with E-state index >= 15 is 0 Å². The van der Waals surface area contributed by atoms with Gasteiger partial charge in [-0.05, 0) is 37.3 Å². The van der Waals surface area contributed by atoms with E-state index in [-0.39, 0.29) is 18.6 Å². The normalized spacial score (nSPS) is 11.4. The van der Waals surface area contributed by atoms with Crippen LogP contribution in [0.2, 0.25) is 0 Å². The first-order valence-corrected chi connectivity index (χ1v) is 8.51. The van der Waals surface area contributed by atoms with Gasteiger partial charge in [-0.3, -0.25) is 4.79 Å². The third-order valence-electron chi connectivity index (χ3n) is 3.15. The molecule has 0 spiro atoms. The number of carbonyl (C=O) groups excluding carboxylic acids is 1. The number of rotatable bonds is 6. The van der Waals surface area contributed by atoms with E-state index in [0.717, 1.165) is 23.3 Å². The fourth-order valence-corrected chi connectivity index (χ4v) is 2.61. The number of aliphatic hydroxyl groups is 1. The van der Waals surface area contributed by atoms with Crippen LogP contribution in [0.3, 0.4) is 0 Å². The number of thioether (sulfide) groups is 1. The first kappa shape index (κ1) is 17.6. The quantitative estimate of drug-likeness (QED) is 0.794. The third kappa shape index (κ3) is 5.82. The summed E-state index contributed by atoms with van der Waals surface area (Å²) < 4.78 is 0. The second-order valence-electron chi connectivity index (χ2n) is 4.84. The Morgan fingerprint density at radius 1 is 1.48 bits per heavy atom. The topological polar surface area (TPSA) is 49.3 Å². The molecule has 2 N–H and O–H groups in total. The molecule has 3 nitrogen and oxygen atoms in total. The Kier molecular flexibility index (Phi) is 7.96. The van der Waals surface area contributed by atoms with Gasteiger partial charge in [-0.25, -0.2) is 0 Å². The minimum atomic E-state index is -0.0424. The second-order valence-corrected chi connectivity index (χ2v) is 5.75. The molecule has 0 bridgehead atoms. The lowest BCUT2D eigenvalue weighted by molar-refractivity contribution is 0.0939. The second kappa shape index (κ2) is 9.49. The fraction of sp³-hybridized carbons (Fsp3) is 0.471. The molecule has 0 heterocycles. The number of nitrogens with one attached hydrogen (secondary N) is 1. The number of aliphatic hydroxyl groups excluding tert-OH is 1. The Balaban J connectivity index is 2.88. The van der Waals surface area contributed by atoms with Gasteiger partial charge >= 0.3 is 0 Å². The summed E-state index contributed by atoms with van der Waals surface area (Å²) in [6, 6.07) is 5.82. The van der Waals surface area contributed by atoms with Gasteiger partial charge in [-0.15, -0.1) is 0 Å². The van der Waals surface area contributed by atoms with Crippen molar-refractivity contribution in [2.24, 2.45) is 0 Å². The molecule has 0 aliphatic rings. The van der Waals surface area contributed by atoms with Crippen molar-refractivity contribution in [2.45, 2.75) is 32.7 Å². The maximum absolute atomic E-state index is 12.4. The summed E-state index contributed by atoms with van der Waals surface area (Å²) in [5.74, 6) is 6.71. The van der Waals surface area contributed by atoms with Crippen LogP contribution in [0.4, 0.5) is 0 Å². The van der Waals surface area contributed by atoms with E-state index in [1.165, 1.54) is 0 Å². The molecule has 0 aliphatic carbocycles. The molecule has 114 valence electrons. The summed E-state index contributed by atoms with van der Waals surface area (Å²) in [5, 5.41) is 11.8. The highest BCUT2D eigenvalue weighted by molar-refractivity contribution is 7.98. The van der Waals surface area contributed by atoms with Gasteiger partial charge in [0.25, 0.3) is 5.91 Å². The zero-order chi connectivity index (χ0) is 15.7. The lowest BCUT2D eigenvalue weighted by Gasteiger charge is -2.16. The SMILES string of the molecule is CCC(CSC)NC(=O)c1cc(C#CCCO)ccc1C. The van der Waals surface area contributed by atoms with Crippen molar-refractivity contribution in [1.82, 2.24) is 5.32 Å². The highest BCUT2D eigenvalue weighted by atomic mass is 32.2. The summed E-state index contributed by atoms with van der Waals surface area (Å²) in [5.41, 5.74) is 2.42. The van der Waals surface area contributed by atoms with Crippen LogP contribution in [-0.4, -0.2) is 35.7 Å². The van der Waals surface area contributed by atoms with E-state index in [9.17, 15) is 4.79 Å². The van der Waals surface area contributed by atoms with Gasteiger partial charge in [0.2, 0.25) is 0 Å². The Hall–Kier alpha value is -1.44. The van der Waals surface area contributed by atoms with Gasteiger partial charge in [-0.1, -0.05) is 24.8 Å². The highest BCUT2D eigenvalue weighted by Gasteiger charge is 2.14. The Bertz CT molecular complexity index is 531. The van der Waals surface area contributed by atoms with Crippen LogP contribution >= 0.6 is 11.8 Å². The molecule has 0 aliphatic heterocycles. The predicted molar refractivity (Wildman–Crippen MR) is 89.7 cm³/mol. The molecule has 0 saturated carbocycles. The largest absolute Gasteiger partial charge is 0.395 e. The van der Waals surface area contributed by atoms with Gasteiger partial charge < -0.3 is 10.4 Å². The van der Waals surface area contributed by atoms with Crippen molar-refractivity contribution < 1.29 is 9.90 Å². The van der Waals surface area contributed by atoms with Gasteiger partial charge in [0.1, 0.15) is 0 Å². The third-order valence-corrected chi connectivity index (χ3v) is 3.88. The van der Waals surface area contributed by atoms with Crippen LogP contribution in [0.1, 0.15) is 41.3 Å². The van der Waals surface area contributed by atoms with Gasteiger partial charge in [0.15, 0.2) is 0 Å². The van der Waals surface area contributed by atoms with E-state index < -0.39 is 0 Å². The number of hydrogen-bond acceptors (Lipinski definition) is 3. The molecule has 1 amide bonds. The molecule has 21 heavy (non-hydrogen) atoms. The van der Waals surface area contributed by atoms with Gasteiger partial charge in [-0.2, -0.15) is 11.8 Å². The zero-order valence-electron chi connectivity index (χ0n) is 12.9. The molecule has 0 radical (unpaired) electrons. The summed E-state index contributed by atoms with van der Waals surface area (Å²) in [6.45, 7) is 4.05. The average molecular weight is 305 g/mol. The number of benzene rings is 1. The van der Waals surface area contributed by atoms with Gasteiger partial charge in [0, 0.05) is 29.3 Å². The molecule has 1 aromatic rings. The number of carbonyl (C=O) groups is 1. The van der Waals surface area contributed by atoms with E-state index in [1.54, 1.807) is 11.8 Å². The average Bonchev–Trinajstić information content (AvgIpc) is 2.48. The van der Waals surface area contributed by atoms with Crippen molar-refractivity contribution >= 4 is 17.7 Å². The van der Waals surface area contributed by atoms with E-state index in [0.29, 0.717) is 12.0 Å². The van der Waals surface area contributed by atoms with Crippen LogP contribution in [0.5, 0.6) is 0 Å². The Morgan fingerprint density at radius 3 is 2.86 bits per heavy atom. The van der Waals surface area contributed by atoms with E-state index in [1.807, 2.05) is 31.4 Å². The first-order chi connectivity index (χ1) is 10.1. The Labute approximate surface area is 131 Å². The molecule has 0 fully saturated rings. The molecular weight excluding hydrogens is 282 g/mol. The summed E-state index contributed by atoms with van der Waals surface area (Å²) in [7, 11) is 0. The summed E-state index contributed by atoms with van der Waals surface area (Å²) in [6.07, 6.45) is 3.40. The first-order valence-electron chi connectivity index (χ1n) is 7.12. The van der Waals surface area contributed by atoms with E-state index in [4.69, 9.17) is 5.11 Å². The van der Waals surface area contributed by atoms with Crippen molar-refractivity contribution in [3.05, 3.63) is 34.9 Å². The molecular formula is C17H23NO2S. The van der Waals surface area contributed by atoms with Crippen molar-refractivity contribution in [1.29, 1.82) is 0 Å². The lowest BCUT2D eigenvalue weighted by Crippen LogP contribution is -2.36. The predicted octanol–water partition coefficient (Wildman–Crippen LogP) is 2.60. The number of aryl methyl sites for hydroxylation is 1. The summed E-state index contributed by atoms with van der Waals surface area (Å²) in [4.78, 5) is 12.4.